The molecule has 1 aromatic heterocycles. The number of rotatable bonds is 6. The van der Waals surface area contributed by atoms with Crippen LogP contribution in [-0.4, -0.2) is 41.0 Å². The van der Waals surface area contributed by atoms with Crippen LogP contribution >= 0.6 is 0 Å². The van der Waals surface area contributed by atoms with E-state index in [1.165, 1.54) is 11.9 Å². The number of nitrogens with zero attached hydrogens (tertiary/aromatic N) is 3. The first-order valence-electron chi connectivity index (χ1n) is 8.82. The fraction of sp³-hybridized carbons (Fsp3) is 0.200. The minimum atomic E-state index is -0.769. The third kappa shape index (κ3) is 4.70. The number of hydrogen-bond acceptors (Lipinski definition) is 6. The van der Waals surface area contributed by atoms with Crippen molar-refractivity contribution < 1.29 is 19.1 Å². The monoisotopic (exact) mass is 395 g/mol. The Hall–Kier alpha value is -3.88. The third-order valence-corrected chi connectivity index (χ3v) is 4.24. The Morgan fingerprint density at radius 3 is 2.28 bits per heavy atom. The van der Waals surface area contributed by atoms with Gasteiger partial charge in [-0.15, -0.1) is 0 Å². The van der Waals surface area contributed by atoms with Crippen molar-refractivity contribution in [2.75, 3.05) is 19.5 Å². The molecule has 0 saturated heterocycles. The molecule has 2 aromatic carbocycles. The van der Waals surface area contributed by atoms with Crippen LogP contribution in [0, 0.1) is 0 Å². The molecule has 2 N–H and O–H groups in total. The molecule has 3 aromatic rings. The minimum Gasteiger partial charge on any atom is -0.497 e. The predicted molar refractivity (Wildman–Crippen MR) is 106 cm³/mol. The number of anilines is 1. The summed E-state index contributed by atoms with van der Waals surface area (Å²) in [4.78, 5) is 26.0. The van der Waals surface area contributed by atoms with Crippen molar-refractivity contribution in [2.24, 2.45) is 0 Å². The second-order valence-electron chi connectivity index (χ2n) is 6.12. The van der Waals surface area contributed by atoms with Crippen molar-refractivity contribution in [3.63, 3.8) is 0 Å². The van der Waals surface area contributed by atoms with E-state index in [1.807, 2.05) is 0 Å². The number of hydrogen-bond donors (Lipinski definition) is 2. The zero-order valence-corrected chi connectivity index (χ0v) is 16.2. The number of carbonyl (C=O) groups is 2. The van der Waals surface area contributed by atoms with Gasteiger partial charge in [0.15, 0.2) is 0 Å². The smallest absolute Gasteiger partial charge is 0.313 e. The lowest BCUT2D eigenvalue weighted by atomic mass is 10.1. The summed E-state index contributed by atoms with van der Waals surface area (Å²) in [5.41, 5.74) is 1.94. The Morgan fingerprint density at radius 1 is 0.966 bits per heavy atom. The number of carbonyl (C=O) groups excluding carboxylic acids is 2. The first-order chi connectivity index (χ1) is 14.0. The second-order valence-corrected chi connectivity index (χ2v) is 6.12. The molecule has 1 heterocycles. The molecule has 0 aliphatic heterocycles. The maximum Gasteiger partial charge on any atom is 0.313 e. The molecule has 0 fully saturated rings. The van der Waals surface area contributed by atoms with Crippen molar-refractivity contribution >= 4 is 17.5 Å². The summed E-state index contributed by atoms with van der Waals surface area (Å²) in [6.07, 6.45) is 3.14. The van der Waals surface area contributed by atoms with E-state index in [0.717, 1.165) is 11.3 Å². The van der Waals surface area contributed by atoms with Crippen LogP contribution in [0.1, 0.15) is 18.5 Å². The van der Waals surface area contributed by atoms with Crippen LogP contribution < -0.4 is 20.1 Å². The van der Waals surface area contributed by atoms with Crippen LogP contribution in [0.25, 0.3) is 5.69 Å². The first-order valence-corrected chi connectivity index (χ1v) is 8.82. The van der Waals surface area contributed by atoms with E-state index in [2.05, 4.69) is 20.8 Å². The fourth-order valence-electron chi connectivity index (χ4n) is 2.73. The number of benzene rings is 2. The second kappa shape index (κ2) is 8.87. The highest BCUT2D eigenvalue weighted by Crippen LogP contribution is 2.29. The lowest BCUT2D eigenvalue weighted by molar-refractivity contribution is -0.136. The molecule has 0 aliphatic rings. The molecule has 0 saturated carbocycles. The molecular formula is C20H21N5O4. The summed E-state index contributed by atoms with van der Waals surface area (Å²) < 4.78 is 10.5. The minimum absolute atomic E-state index is 0.442. The molecule has 1 atom stereocenters. The number of nitrogens with one attached hydrogen (secondary N) is 2. The van der Waals surface area contributed by atoms with E-state index in [4.69, 9.17) is 9.47 Å². The van der Waals surface area contributed by atoms with Crippen LogP contribution in [-0.2, 0) is 9.59 Å². The standard InChI is InChI=1S/C20H21N5O4/c1-13(17-9-8-16(28-2)12-18(17)29-3)23-19(26)20(27)24-14-4-6-15(7-5-14)25-21-10-11-22-25/h4-13H,1-3H3,(H,23,26)(H,24,27)/t13-/m0/s1. The summed E-state index contributed by atoms with van der Waals surface area (Å²) in [6.45, 7) is 1.77. The molecule has 9 nitrogen and oxygen atoms in total. The Labute approximate surface area is 167 Å². The Kier molecular flexibility index (Phi) is 6.08. The van der Waals surface area contributed by atoms with Crippen molar-refractivity contribution in [1.29, 1.82) is 0 Å². The van der Waals surface area contributed by atoms with Crippen molar-refractivity contribution in [2.45, 2.75) is 13.0 Å². The van der Waals surface area contributed by atoms with Gasteiger partial charge in [-0.3, -0.25) is 9.59 Å². The molecule has 3 rings (SSSR count). The van der Waals surface area contributed by atoms with Gasteiger partial charge in [-0.25, -0.2) is 0 Å². The van der Waals surface area contributed by atoms with Gasteiger partial charge in [0, 0.05) is 17.3 Å². The summed E-state index contributed by atoms with van der Waals surface area (Å²) in [5.74, 6) is -0.335. The van der Waals surface area contributed by atoms with E-state index in [0.29, 0.717) is 17.2 Å². The maximum absolute atomic E-state index is 12.3. The molecule has 0 radical (unpaired) electrons. The van der Waals surface area contributed by atoms with E-state index in [-0.39, 0.29) is 0 Å². The number of aromatic nitrogens is 3. The molecule has 0 unspecified atom stereocenters. The Bertz CT molecular complexity index is 987. The van der Waals surface area contributed by atoms with Gasteiger partial charge in [-0.05, 0) is 43.3 Å². The summed E-state index contributed by atoms with van der Waals surface area (Å²) >= 11 is 0. The number of ether oxygens (including phenoxy) is 2. The predicted octanol–water partition coefficient (Wildman–Crippen LogP) is 2.10. The van der Waals surface area contributed by atoms with Gasteiger partial charge in [-0.2, -0.15) is 15.0 Å². The quantitative estimate of drug-likeness (QED) is 0.619. The normalized spacial score (nSPS) is 11.4. The highest BCUT2D eigenvalue weighted by Gasteiger charge is 2.20. The fourth-order valence-corrected chi connectivity index (χ4v) is 2.73. The molecule has 9 heteroatoms. The summed E-state index contributed by atoms with van der Waals surface area (Å²) in [6, 6.07) is 11.6. The summed E-state index contributed by atoms with van der Waals surface area (Å²) in [7, 11) is 3.09. The van der Waals surface area contributed by atoms with Gasteiger partial charge < -0.3 is 20.1 Å². The van der Waals surface area contributed by atoms with Gasteiger partial charge in [0.1, 0.15) is 11.5 Å². The topological polar surface area (TPSA) is 107 Å². The molecule has 0 spiro atoms. The van der Waals surface area contributed by atoms with E-state index in [9.17, 15) is 9.59 Å². The van der Waals surface area contributed by atoms with Crippen LogP contribution in [0.5, 0.6) is 11.5 Å². The van der Waals surface area contributed by atoms with Crippen molar-refractivity contribution in [3.8, 4) is 17.2 Å². The number of methoxy groups -OCH3 is 2. The molecule has 150 valence electrons. The van der Waals surface area contributed by atoms with Gasteiger partial charge >= 0.3 is 11.8 Å². The van der Waals surface area contributed by atoms with E-state index >= 15 is 0 Å². The van der Waals surface area contributed by atoms with E-state index in [1.54, 1.807) is 68.9 Å². The average Bonchev–Trinajstić information content (AvgIpc) is 3.28. The highest BCUT2D eigenvalue weighted by atomic mass is 16.5. The summed E-state index contributed by atoms with van der Waals surface area (Å²) in [5, 5.41) is 13.3. The average molecular weight is 395 g/mol. The first kappa shape index (κ1) is 19.9. The lowest BCUT2D eigenvalue weighted by Crippen LogP contribution is -2.37. The highest BCUT2D eigenvalue weighted by molar-refractivity contribution is 6.39. The van der Waals surface area contributed by atoms with Crippen LogP contribution in [0.3, 0.4) is 0 Å². The number of amides is 2. The van der Waals surface area contributed by atoms with Gasteiger partial charge in [0.25, 0.3) is 0 Å². The van der Waals surface area contributed by atoms with Crippen LogP contribution in [0.15, 0.2) is 54.9 Å². The van der Waals surface area contributed by atoms with Crippen molar-refractivity contribution in [1.82, 2.24) is 20.3 Å². The van der Waals surface area contributed by atoms with Gasteiger partial charge in [0.05, 0.1) is 38.3 Å². The van der Waals surface area contributed by atoms with Crippen LogP contribution in [0.4, 0.5) is 5.69 Å². The van der Waals surface area contributed by atoms with Crippen LogP contribution in [0.2, 0.25) is 0 Å². The molecular weight excluding hydrogens is 374 g/mol. The van der Waals surface area contributed by atoms with Crippen molar-refractivity contribution in [3.05, 3.63) is 60.4 Å². The maximum atomic E-state index is 12.3. The zero-order chi connectivity index (χ0) is 20.8. The van der Waals surface area contributed by atoms with E-state index < -0.39 is 17.9 Å². The Balaban J connectivity index is 1.62. The molecule has 0 bridgehead atoms. The SMILES string of the molecule is COc1ccc([C@H](C)NC(=O)C(=O)Nc2ccc(-n3nccn3)cc2)c(OC)c1. The molecule has 0 aliphatic carbocycles. The van der Waals surface area contributed by atoms with Gasteiger partial charge in [0.2, 0.25) is 0 Å². The zero-order valence-electron chi connectivity index (χ0n) is 16.2. The Morgan fingerprint density at radius 2 is 1.66 bits per heavy atom. The third-order valence-electron chi connectivity index (χ3n) is 4.24. The van der Waals surface area contributed by atoms with Gasteiger partial charge in [-0.1, -0.05) is 0 Å². The largest absolute Gasteiger partial charge is 0.497 e. The molecule has 2 amide bonds. The lowest BCUT2D eigenvalue weighted by Gasteiger charge is -2.18. The molecule has 29 heavy (non-hydrogen) atoms.